The molecule has 0 heterocycles. The molecule has 0 spiro atoms. The summed E-state index contributed by atoms with van der Waals surface area (Å²) < 4.78 is 19.5. The molecule has 0 bridgehead atoms. The van der Waals surface area contributed by atoms with Crippen LogP contribution in [0.25, 0.3) is 0 Å². The Balaban J connectivity index is 2.24. The van der Waals surface area contributed by atoms with Crippen LogP contribution in [0.15, 0.2) is 18.2 Å². The maximum absolute atomic E-state index is 13.8. The zero-order chi connectivity index (χ0) is 13.8. The van der Waals surface area contributed by atoms with Crippen LogP contribution in [-0.4, -0.2) is 17.2 Å². The van der Waals surface area contributed by atoms with Gasteiger partial charge in [-0.15, -0.1) is 0 Å². The fourth-order valence-corrected chi connectivity index (χ4v) is 2.74. The first-order chi connectivity index (χ1) is 9.13. The summed E-state index contributed by atoms with van der Waals surface area (Å²) >= 11 is 0. The quantitative estimate of drug-likeness (QED) is 0.899. The molecule has 1 aromatic rings. The Labute approximate surface area is 112 Å². The summed E-state index contributed by atoms with van der Waals surface area (Å²) in [5.74, 6) is -1.48. The standard InChI is InChI=1S/C15H19FO3/c1-2-10-6-3-4-9-13(10)19-14-11(15(17)18)7-5-8-12(14)16/h5,7-8,10,13H,2-4,6,9H2,1H3,(H,17,18). The molecule has 2 atom stereocenters. The molecule has 1 N–H and O–H groups in total. The third kappa shape index (κ3) is 3.06. The summed E-state index contributed by atoms with van der Waals surface area (Å²) in [6.45, 7) is 2.09. The molecule has 0 radical (unpaired) electrons. The lowest BCUT2D eigenvalue weighted by Gasteiger charge is -2.31. The Kier molecular flexibility index (Phi) is 4.40. The van der Waals surface area contributed by atoms with Gasteiger partial charge in [0.05, 0.1) is 0 Å². The second-order valence-electron chi connectivity index (χ2n) is 5.03. The molecule has 1 aliphatic rings. The van der Waals surface area contributed by atoms with Crippen molar-refractivity contribution >= 4 is 5.97 Å². The van der Waals surface area contributed by atoms with E-state index in [0.717, 1.165) is 25.7 Å². The summed E-state index contributed by atoms with van der Waals surface area (Å²) in [6, 6.07) is 4.01. The number of ether oxygens (including phenoxy) is 1. The van der Waals surface area contributed by atoms with Gasteiger partial charge in [0, 0.05) is 0 Å². The molecule has 3 nitrogen and oxygen atoms in total. The molecule has 2 rings (SSSR count). The monoisotopic (exact) mass is 266 g/mol. The first-order valence-electron chi connectivity index (χ1n) is 6.82. The van der Waals surface area contributed by atoms with Gasteiger partial charge in [-0.3, -0.25) is 0 Å². The maximum atomic E-state index is 13.8. The Morgan fingerprint density at radius 1 is 1.42 bits per heavy atom. The zero-order valence-corrected chi connectivity index (χ0v) is 11.1. The third-order valence-corrected chi connectivity index (χ3v) is 3.83. The number of hydrogen-bond acceptors (Lipinski definition) is 2. The van der Waals surface area contributed by atoms with Gasteiger partial charge in [0.2, 0.25) is 0 Å². The predicted molar refractivity (Wildman–Crippen MR) is 70.0 cm³/mol. The van der Waals surface area contributed by atoms with Crippen LogP contribution in [0.3, 0.4) is 0 Å². The number of halogens is 1. The first-order valence-corrected chi connectivity index (χ1v) is 6.82. The lowest BCUT2D eigenvalue weighted by Crippen LogP contribution is -2.30. The summed E-state index contributed by atoms with van der Waals surface area (Å²) in [4.78, 5) is 11.1. The Morgan fingerprint density at radius 3 is 2.84 bits per heavy atom. The highest BCUT2D eigenvalue weighted by molar-refractivity contribution is 5.90. The van der Waals surface area contributed by atoms with Crippen molar-refractivity contribution in [3.8, 4) is 5.75 Å². The van der Waals surface area contributed by atoms with Crippen LogP contribution in [0.4, 0.5) is 4.39 Å². The number of aromatic carboxylic acids is 1. The smallest absolute Gasteiger partial charge is 0.339 e. The van der Waals surface area contributed by atoms with Crippen molar-refractivity contribution in [2.45, 2.75) is 45.1 Å². The van der Waals surface area contributed by atoms with Crippen LogP contribution in [0.5, 0.6) is 5.75 Å². The van der Waals surface area contributed by atoms with Crippen molar-refractivity contribution in [2.75, 3.05) is 0 Å². The van der Waals surface area contributed by atoms with Gasteiger partial charge in [-0.1, -0.05) is 19.4 Å². The molecule has 1 aliphatic carbocycles. The van der Waals surface area contributed by atoms with E-state index in [1.807, 2.05) is 0 Å². The number of hydrogen-bond donors (Lipinski definition) is 1. The van der Waals surface area contributed by atoms with Crippen LogP contribution in [0.1, 0.15) is 49.4 Å². The Hall–Kier alpha value is -1.58. The largest absolute Gasteiger partial charge is 0.486 e. The zero-order valence-electron chi connectivity index (χ0n) is 11.1. The van der Waals surface area contributed by atoms with E-state index in [1.54, 1.807) is 0 Å². The molecule has 4 heteroatoms. The van der Waals surface area contributed by atoms with Crippen molar-refractivity contribution < 1.29 is 19.0 Å². The van der Waals surface area contributed by atoms with E-state index < -0.39 is 11.8 Å². The molecule has 2 unspecified atom stereocenters. The van der Waals surface area contributed by atoms with E-state index in [9.17, 15) is 9.18 Å². The molecule has 0 aliphatic heterocycles. The van der Waals surface area contributed by atoms with Gasteiger partial charge in [0.1, 0.15) is 11.7 Å². The van der Waals surface area contributed by atoms with Crippen molar-refractivity contribution in [3.63, 3.8) is 0 Å². The normalized spacial score (nSPS) is 23.1. The lowest BCUT2D eigenvalue weighted by molar-refractivity contribution is 0.0655. The van der Waals surface area contributed by atoms with E-state index in [4.69, 9.17) is 9.84 Å². The van der Waals surface area contributed by atoms with E-state index >= 15 is 0 Å². The van der Waals surface area contributed by atoms with Gasteiger partial charge in [0.25, 0.3) is 0 Å². The number of carboxylic acids is 1. The van der Waals surface area contributed by atoms with Crippen molar-refractivity contribution in [1.29, 1.82) is 0 Å². The minimum Gasteiger partial charge on any atom is -0.486 e. The van der Waals surface area contributed by atoms with Crippen molar-refractivity contribution in [2.24, 2.45) is 5.92 Å². The van der Waals surface area contributed by atoms with E-state index in [2.05, 4.69) is 6.92 Å². The number of rotatable bonds is 4. The molecule has 19 heavy (non-hydrogen) atoms. The average Bonchev–Trinajstić information content (AvgIpc) is 2.41. The van der Waals surface area contributed by atoms with Gasteiger partial charge in [-0.2, -0.15) is 0 Å². The number of para-hydroxylation sites is 1. The van der Waals surface area contributed by atoms with Crippen LogP contribution in [-0.2, 0) is 0 Å². The topological polar surface area (TPSA) is 46.5 Å². The molecule has 0 saturated heterocycles. The third-order valence-electron chi connectivity index (χ3n) is 3.83. The Bertz CT molecular complexity index is 459. The minimum absolute atomic E-state index is 0.0752. The molecular weight excluding hydrogens is 247 g/mol. The highest BCUT2D eigenvalue weighted by atomic mass is 19.1. The average molecular weight is 266 g/mol. The molecule has 1 saturated carbocycles. The molecular formula is C15H19FO3. The van der Waals surface area contributed by atoms with Gasteiger partial charge in [-0.25, -0.2) is 9.18 Å². The fourth-order valence-electron chi connectivity index (χ4n) is 2.74. The van der Waals surface area contributed by atoms with Gasteiger partial charge >= 0.3 is 5.97 Å². The summed E-state index contributed by atoms with van der Waals surface area (Å²) in [5, 5.41) is 9.10. The highest BCUT2D eigenvalue weighted by Crippen LogP contribution is 2.33. The predicted octanol–water partition coefficient (Wildman–Crippen LogP) is 3.87. The summed E-state index contributed by atoms with van der Waals surface area (Å²) in [6.07, 6.45) is 5.05. The molecule has 0 aromatic heterocycles. The minimum atomic E-state index is -1.15. The number of benzene rings is 1. The van der Waals surface area contributed by atoms with Crippen LogP contribution in [0.2, 0.25) is 0 Å². The maximum Gasteiger partial charge on any atom is 0.339 e. The number of carbonyl (C=O) groups is 1. The van der Waals surface area contributed by atoms with Crippen molar-refractivity contribution in [3.05, 3.63) is 29.6 Å². The van der Waals surface area contributed by atoms with Gasteiger partial charge in [0.15, 0.2) is 11.6 Å². The van der Waals surface area contributed by atoms with Crippen LogP contribution >= 0.6 is 0 Å². The van der Waals surface area contributed by atoms with Gasteiger partial charge < -0.3 is 9.84 Å². The van der Waals surface area contributed by atoms with E-state index in [-0.39, 0.29) is 17.4 Å². The lowest BCUT2D eigenvalue weighted by atomic mass is 9.84. The molecule has 1 aromatic carbocycles. The summed E-state index contributed by atoms with van der Waals surface area (Å²) in [7, 11) is 0. The molecule has 104 valence electrons. The van der Waals surface area contributed by atoms with Crippen LogP contribution < -0.4 is 4.74 Å². The van der Waals surface area contributed by atoms with Gasteiger partial charge in [-0.05, 0) is 43.7 Å². The first kappa shape index (κ1) is 13.8. The van der Waals surface area contributed by atoms with E-state index in [1.165, 1.54) is 24.6 Å². The van der Waals surface area contributed by atoms with E-state index in [0.29, 0.717) is 5.92 Å². The second kappa shape index (κ2) is 6.04. The highest BCUT2D eigenvalue weighted by Gasteiger charge is 2.28. The van der Waals surface area contributed by atoms with Crippen molar-refractivity contribution in [1.82, 2.24) is 0 Å². The SMILES string of the molecule is CCC1CCCCC1Oc1c(F)cccc1C(=O)O. The Morgan fingerprint density at radius 2 is 2.16 bits per heavy atom. The fraction of sp³-hybridized carbons (Fsp3) is 0.533. The van der Waals surface area contributed by atoms with Crippen LogP contribution in [0, 0.1) is 11.7 Å². The second-order valence-corrected chi connectivity index (χ2v) is 5.03. The summed E-state index contributed by atoms with van der Waals surface area (Å²) in [5.41, 5.74) is -0.0968. The molecule has 1 fully saturated rings. The number of carboxylic acid groups (broad SMARTS) is 1. The molecule has 0 amide bonds.